The summed E-state index contributed by atoms with van der Waals surface area (Å²) in [4.78, 5) is 0. The van der Waals surface area contributed by atoms with Gasteiger partial charge in [-0.25, -0.2) is 0 Å². The van der Waals surface area contributed by atoms with Crippen molar-refractivity contribution >= 4 is 22.6 Å². The lowest BCUT2D eigenvalue weighted by molar-refractivity contribution is 0.434. The predicted octanol–water partition coefficient (Wildman–Crippen LogP) is 2.79. The van der Waals surface area contributed by atoms with E-state index >= 15 is 0 Å². The third-order valence-corrected chi connectivity index (χ3v) is 2.16. The molecule has 0 rings (SSSR count). The summed E-state index contributed by atoms with van der Waals surface area (Å²) in [6, 6.07) is 0. The summed E-state index contributed by atoms with van der Waals surface area (Å²) in [5, 5.41) is 3.44. The van der Waals surface area contributed by atoms with Gasteiger partial charge >= 0.3 is 0 Å². The van der Waals surface area contributed by atoms with Crippen LogP contribution in [-0.2, 0) is 0 Å². The molecule has 0 amide bonds. The molecule has 0 saturated carbocycles. The fraction of sp³-hybridized carbons (Fsp3) is 1.00. The molecule has 0 aliphatic carbocycles. The van der Waals surface area contributed by atoms with E-state index in [2.05, 4.69) is 55.6 Å². The van der Waals surface area contributed by atoms with E-state index in [1.807, 2.05) is 0 Å². The van der Waals surface area contributed by atoms with Gasteiger partial charge in [-0.2, -0.15) is 0 Å². The maximum absolute atomic E-state index is 3.44. The number of alkyl halides is 1. The summed E-state index contributed by atoms with van der Waals surface area (Å²) in [6.07, 6.45) is 1.24. The Morgan fingerprint density at radius 2 is 2.00 bits per heavy atom. The molecule has 0 aliphatic rings. The van der Waals surface area contributed by atoms with Crippen molar-refractivity contribution in [1.82, 2.24) is 5.32 Å². The average molecular weight is 255 g/mol. The molecule has 1 unspecified atom stereocenters. The third-order valence-electron chi connectivity index (χ3n) is 1.34. The molecule has 0 bridgehead atoms. The maximum Gasteiger partial charge on any atom is 0.0679 e. The molecule has 10 heavy (non-hydrogen) atoms. The zero-order valence-electron chi connectivity index (χ0n) is 7.37. The molecule has 1 atom stereocenters. The van der Waals surface area contributed by atoms with Gasteiger partial charge in [0.25, 0.3) is 0 Å². The van der Waals surface area contributed by atoms with E-state index < -0.39 is 0 Å². The molecule has 2 heteroatoms. The molecule has 1 N–H and O–H groups in total. The highest BCUT2D eigenvalue weighted by Gasteiger charge is 2.18. The molecule has 0 fully saturated rings. The Bertz CT molecular complexity index is 89.3. The highest BCUT2D eigenvalue weighted by Crippen LogP contribution is 2.23. The first kappa shape index (κ1) is 10.7. The highest BCUT2D eigenvalue weighted by atomic mass is 127. The van der Waals surface area contributed by atoms with E-state index in [-0.39, 0.29) is 0 Å². The molecule has 0 aromatic rings. The van der Waals surface area contributed by atoms with E-state index in [4.69, 9.17) is 0 Å². The zero-order valence-corrected chi connectivity index (χ0v) is 9.53. The molecule has 0 aliphatic heterocycles. The number of rotatable bonds is 4. The van der Waals surface area contributed by atoms with Crippen LogP contribution in [0.3, 0.4) is 0 Å². The van der Waals surface area contributed by atoms with Crippen LogP contribution in [0.2, 0.25) is 0 Å². The second kappa shape index (κ2) is 4.54. The quantitative estimate of drug-likeness (QED) is 0.462. The molecule has 62 valence electrons. The zero-order chi connectivity index (χ0) is 8.20. The van der Waals surface area contributed by atoms with Gasteiger partial charge in [-0.1, -0.05) is 43.4 Å². The van der Waals surface area contributed by atoms with E-state index in [1.165, 1.54) is 6.42 Å². The first-order valence-electron chi connectivity index (χ1n) is 3.92. The summed E-state index contributed by atoms with van der Waals surface area (Å²) >= 11 is 2.48. The van der Waals surface area contributed by atoms with Crippen LogP contribution in [0.1, 0.15) is 34.1 Å². The number of nitrogens with one attached hydrogen (secondary N) is 1. The summed E-state index contributed by atoms with van der Waals surface area (Å²) < 4.78 is 0.292. The normalized spacial score (nSPS) is 17.4. The Balaban J connectivity index is 3.63. The molecular formula is C8H18IN. The van der Waals surface area contributed by atoms with Gasteiger partial charge in [-0.05, 0) is 25.8 Å². The van der Waals surface area contributed by atoms with Crippen molar-refractivity contribution in [3.05, 3.63) is 0 Å². The highest BCUT2D eigenvalue weighted by molar-refractivity contribution is 14.1. The van der Waals surface area contributed by atoms with Crippen LogP contribution < -0.4 is 5.32 Å². The molecule has 0 aromatic carbocycles. The van der Waals surface area contributed by atoms with Crippen molar-refractivity contribution in [1.29, 1.82) is 0 Å². The van der Waals surface area contributed by atoms with Gasteiger partial charge < -0.3 is 5.32 Å². The topological polar surface area (TPSA) is 12.0 Å². The third kappa shape index (κ3) is 5.47. The lowest BCUT2D eigenvalue weighted by Crippen LogP contribution is -2.36. The van der Waals surface area contributed by atoms with Crippen LogP contribution in [0.25, 0.3) is 0 Å². The molecule has 0 saturated heterocycles. The Kier molecular flexibility index (Phi) is 4.86. The summed E-state index contributed by atoms with van der Waals surface area (Å²) in [5.74, 6) is 0.779. The van der Waals surface area contributed by atoms with Crippen LogP contribution in [-0.4, -0.2) is 10.1 Å². The minimum atomic E-state index is 0.292. The van der Waals surface area contributed by atoms with Crippen LogP contribution in [0, 0.1) is 5.92 Å². The Morgan fingerprint density at radius 3 is 2.30 bits per heavy atom. The lowest BCUT2D eigenvalue weighted by Gasteiger charge is -2.25. The lowest BCUT2D eigenvalue weighted by atomic mass is 10.1. The van der Waals surface area contributed by atoms with Crippen LogP contribution >= 0.6 is 22.6 Å². The van der Waals surface area contributed by atoms with Crippen molar-refractivity contribution in [2.75, 3.05) is 6.54 Å². The van der Waals surface area contributed by atoms with E-state index in [0.29, 0.717) is 3.55 Å². The van der Waals surface area contributed by atoms with Gasteiger partial charge in [-0.3, -0.25) is 0 Å². The molecular weight excluding hydrogens is 237 g/mol. The fourth-order valence-corrected chi connectivity index (χ4v) is 2.47. The van der Waals surface area contributed by atoms with Crippen LogP contribution in [0.4, 0.5) is 0 Å². The first-order chi connectivity index (χ1) is 4.48. The predicted molar refractivity (Wildman–Crippen MR) is 55.6 cm³/mol. The SMILES string of the molecule is CCNC(C)(I)CC(C)C. The standard InChI is InChI=1S/C8H18IN/c1-5-10-8(4,9)6-7(2)3/h7,10H,5-6H2,1-4H3. The van der Waals surface area contributed by atoms with Gasteiger partial charge in [0.1, 0.15) is 0 Å². The molecule has 0 radical (unpaired) electrons. The van der Waals surface area contributed by atoms with E-state index in [0.717, 1.165) is 12.5 Å². The second-order valence-electron chi connectivity index (χ2n) is 3.33. The maximum atomic E-state index is 3.44. The van der Waals surface area contributed by atoms with Crippen molar-refractivity contribution in [3.8, 4) is 0 Å². The van der Waals surface area contributed by atoms with Gasteiger partial charge in [0, 0.05) is 0 Å². The average Bonchev–Trinajstić information content (AvgIpc) is 1.59. The monoisotopic (exact) mass is 255 g/mol. The van der Waals surface area contributed by atoms with Gasteiger partial charge in [0.2, 0.25) is 0 Å². The smallest absolute Gasteiger partial charge is 0.0679 e. The minimum Gasteiger partial charge on any atom is -0.303 e. The van der Waals surface area contributed by atoms with Crippen molar-refractivity contribution in [3.63, 3.8) is 0 Å². The molecule has 0 spiro atoms. The number of hydrogen-bond acceptors (Lipinski definition) is 1. The second-order valence-corrected chi connectivity index (χ2v) is 5.71. The van der Waals surface area contributed by atoms with E-state index in [9.17, 15) is 0 Å². The van der Waals surface area contributed by atoms with Gasteiger partial charge in [0.15, 0.2) is 0 Å². The Labute approximate surface area is 78.1 Å². The Morgan fingerprint density at radius 1 is 1.50 bits per heavy atom. The summed E-state index contributed by atoms with van der Waals surface area (Å²) in [6.45, 7) is 9.98. The number of halogens is 1. The van der Waals surface area contributed by atoms with Crippen molar-refractivity contribution in [2.45, 2.75) is 37.7 Å². The molecule has 0 heterocycles. The summed E-state index contributed by atoms with van der Waals surface area (Å²) in [7, 11) is 0. The first-order valence-corrected chi connectivity index (χ1v) is 4.99. The summed E-state index contributed by atoms with van der Waals surface area (Å²) in [5.41, 5.74) is 0. The van der Waals surface area contributed by atoms with Gasteiger partial charge in [0.05, 0.1) is 3.55 Å². The van der Waals surface area contributed by atoms with Gasteiger partial charge in [-0.15, -0.1) is 0 Å². The molecule has 1 nitrogen and oxygen atoms in total. The largest absolute Gasteiger partial charge is 0.303 e. The van der Waals surface area contributed by atoms with Crippen LogP contribution in [0.15, 0.2) is 0 Å². The number of hydrogen-bond donors (Lipinski definition) is 1. The van der Waals surface area contributed by atoms with Crippen molar-refractivity contribution < 1.29 is 0 Å². The fourth-order valence-electron chi connectivity index (χ4n) is 1.21. The minimum absolute atomic E-state index is 0.292. The van der Waals surface area contributed by atoms with Crippen molar-refractivity contribution in [2.24, 2.45) is 5.92 Å². The van der Waals surface area contributed by atoms with Crippen LogP contribution in [0.5, 0.6) is 0 Å². The molecule has 0 aromatic heterocycles. The van der Waals surface area contributed by atoms with E-state index in [1.54, 1.807) is 0 Å². The Hall–Kier alpha value is 0.690.